The zero-order valence-electron chi connectivity index (χ0n) is 20.9. The highest BCUT2D eigenvalue weighted by Gasteiger charge is 2.32. The first kappa shape index (κ1) is 29.4. The predicted molar refractivity (Wildman–Crippen MR) is 147 cm³/mol. The van der Waals surface area contributed by atoms with E-state index in [1.807, 2.05) is 6.92 Å². The summed E-state index contributed by atoms with van der Waals surface area (Å²) in [6.45, 7) is 3.23. The van der Waals surface area contributed by atoms with Crippen molar-refractivity contribution in [3.05, 3.63) is 94.2 Å². The van der Waals surface area contributed by atoms with Gasteiger partial charge in [-0.05, 0) is 67.4 Å². The van der Waals surface area contributed by atoms with E-state index < -0.39 is 34.3 Å². The van der Waals surface area contributed by atoms with Gasteiger partial charge in [0.1, 0.15) is 18.4 Å². The van der Waals surface area contributed by atoms with Gasteiger partial charge in [-0.3, -0.25) is 13.9 Å². The molecule has 0 bridgehead atoms. The molecule has 2 amide bonds. The maximum absolute atomic E-state index is 13.8. The number of carbonyl (C=O) groups excluding carboxylic acids is 2. The van der Waals surface area contributed by atoms with Crippen LogP contribution < -0.4 is 9.62 Å². The van der Waals surface area contributed by atoms with Crippen LogP contribution in [0.4, 0.5) is 10.1 Å². The average molecular weight is 581 g/mol. The van der Waals surface area contributed by atoms with Gasteiger partial charge >= 0.3 is 0 Å². The van der Waals surface area contributed by atoms with Crippen molar-refractivity contribution in [3.8, 4) is 0 Å². The van der Waals surface area contributed by atoms with Gasteiger partial charge in [0.25, 0.3) is 10.0 Å². The summed E-state index contributed by atoms with van der Waals surface area (Å²) in [5, 5.41) is 3.38. The summed E-state index contributed by atoms with van der Waals surface area (Å²) in [7, 11) is -4.22. The fraction of sp³-hybridized carbons (Fsp3) is 0.259. The molecule has 0 spiro atoms. The van der Waals surface area contributed by atoms with Crippen LogP contribution in [0.5, 0.6) is 0 Å². The minimum absolute atomic E-state index is 0.0287. The summed E-state index contributed by atoms with van der Waals surface area (Å²) in [6.07, 6.45) is 0.701. The third-order valence-electron chi connectivity index (χ3n) is 5.78. The maximum Gasteiger partial charge on any atom is 0.264 e. The Hall–Kier alpha value is -3.14. The van der Waals surface area contributed by atoms with Gasteiger partial charge < -0.3 is 10.2 Å². The van der Waals surface area contributed by atoms with Crippen molar-refractivity contribution in [1.82, 2.24) is 10.2 Å². The summed E-state index contributed by atoms with van der Waals surface area (Å²) in [6, 6.07) is 16.3. The van der Waals surface area contributed by atoms with Crippen molar-refractivity contribution >= 4 is 50.7 Å². The molecule has 3 aromatic rings. The molecule has 0 aliphatic rings. The lowest BCUT2D eigenvalue weighted by Crippen LogP contribution is -2.51. The van der Waals surface area contributed by atoms with Gasteiger partial charge in [-0.2, -0.15) is 0 Å². The molecule has 11 heteroatoms. The lowest BCUT2D eigenvalue weighted by atomic mass is 10.1. The van der Waals surface area contributed by atoms with Crippen molar-refractivity contribution in [2.75, 3.05) is 17.4 Å². The number of nitrogens with zero attached hydrogens (tertiary/aromatic N) is 2. The summed E-state index contributed by atoms with van der Waals surface area (Å²) >= 11 is 12.2. The highest BCUT2D eigenvalue weighted by molar-refractivity contribution is 7.92. The number of carbonyl (C=O) groups is 2. The molecular formula is C27H28Cl2FN3O4S. The molecule has 0 saturated carbocycles. The first-order chi connectivity index (χ1) is 18.0. The van der Waals surface area contributed by atoms with Gasteiger partial charge in [0.05, 0.1) is 20.6 Å². The molecule has 0 unspecified atom stereocenters. The third-order valence-corrected chi connectivity index (χ3v) is 8.31. The molecule has 7 nitrogen and oxygen atoms in total. The number of hydrogen-bond donors (Lipinski definition) is 1. The van der Waals surface area contributed by atoms with Crippen molar-refractivity contribution in [3.63, 3.8) is 0 Å². The number of hydrogen-bond acceptors (Lipinski definition) is 4. The first-order valence-corrected chi connectivity index (χ1v) is 14.1. The molecule has 3 rings (SSSR count). The molecule has 0 aliphatic heterocycles. The van der Waals surface area contributed by atoms with Crippen LogP contribution >= 0.6 is 23.2 Å². The summed E-state index contributed by atoms with van der Waals surface area (Å²) in [4.78, 5) is 27.8. The average Bonchev–Trinajstić information content (AvgIpc) is 2.91. The molecular weight excluding hydrogens is 552 g/mol. The third kappa shape index (κ3) is 7.24. The quantitative estimate of drug-likeness (QED) is 0.335. The number of rotatable bonds is 11. The summed E-state index contributed by atoms with van der Waals surface area (Å²) < 4.78 is 41.8. The van der Waals surface area contributed by atoms with Crippen LogP contribution in [-0.4, -0.2) is 44.3 Å². The smallest absolute Gasteiger partial charge is 0.264 e. The fourth-order valence-corrected chi connectivity index (χ4v) is 5.42. The number of amides is 2. The van der Waals surface area contributed by atoms with E-state index in [0.717, 1.165) is 16.4 Å². The van der Waals surface area contributed by atoms with Crippen LogP contribution in [-0.2, 0) is 26.2 Å². The standard InChI is InChI=1S/C27H28Cl2FN3O4S/c1-3-15-31-27(35)19(2)32(17-20-9-14-24(28)25(29)16-20)26(34)18-33(22-12-10-21(30)11-13-22)38(36,37)23-7-5-4-6-8-23/h4-14,16,19H,3,15,17-18H2,1-2H3,(H,31,35)/t19-/m0/s1. The van der Waals surface area contributed by atoms with Crippen LogP contribution in [0.1, 0.15) is 25.8 Å². The topological polar surface area (TPSA) is 86.8 Å². The molecule has 0 radical (unpaired) electrons. The second-order valence-corrected chi connectivity index (χ2v) is 11.2. The van der Waals surface area contributed by atoms with Crippen LogP contribution in [0.2, 0.25) is 10.0 Å². The Morgan fingerprint density at radius 1 is 0.974 bits per heavy atom. The van der Waals surface area contributed by atoms with Gasteiger partial charge in [-0.1, -0.05) is 54.4 Å². The molecule has 1 atom stereocenters. The predicted octanol–water partition coefficient (Wildman–Crippen LogP) is 5.27. The Bertz CT molecular complexity index is 1370. The Balaban J connectivity index is 2.01. The van der Waals surface area contributed by atoms with E-state index in [0.29, 0.717) is 23.6 Å². The molecule has 0 fully saturated rings. The largest absolute Gasteiger partial charge is 0.354 e. The van der Waals surface area contributed by atoms with Crippen molar-refractivity contribution < 1.29 is 22.4 Å². The molecule has 0 aromatic heterocycles. The molecule has 38 heavy (non-hydrogen) atoms. The first-order valence-electron chi connectivity index (χ1n) is 11.9. The number of anilines is 1. The Morgan fingerprint density at radius 2 is 1.63 bits per heavy atom. The van der Waals surface area contributed by atoms with Gasteiger partial charge in [0.15, 0.2) is 0 Å². The number of sulfonamides is 1. The molecule has 0 heterocycles. The molecule has 0 aliphatic carbocycles. The van der Waals surface area contributed by atoms with Gasteiger partial charge in [0, 0.05) is 13.1 Å². The van der Waals surface area contributed by atoms with Gasteiger partial charge in [-0.15, -0.1) is 0 Å². The van der Waals surface area contributed by atoms with E-state index in [9.17, 15) is 22.4 Å². The summed E-state index contributed by atoms with van der Waals surface area (Å²) in [5.41, 5.74) is 0.698. The number of halogens is 3. The Morgan fingerprint density at radius 3 is 2.24 bits per heavy atom. The van der Waals surface area contributed by atoms with Gasteiger partial charge in [0.2, 0.25) is 11.8 Å². The second kappa shape index (κ2) is 13.1. The van der Waals surface area contributed by atoms with Crippen molar-refractivity contribution in [2.24, 2.45) is 0 Å². The van der Waals surface area contributed by atoms with E-state index in [1.165, 1.54) is 29.2 Å². The van der Waals surface area contributed by atoms with Crippen LogP contribution in [0, 0.1) is 5.82 Å². The Kier molecular flexibility index (Phi) is 10.1. The monoisotopic (exact) mass is 579 g/mol. The highest BCUT2D eigenvalue weighted by atomic mass is 35.5. The summed E-state index contributed by atoms with van der Waals surface area (Å²) in [5.74, 6) is -1.59. The number of benzene rings is 3. The van der Waals surface area contributed by atoms with Crippen LogP contribution in [0.25, 0.3) is 0 Å². The van der Waals surface area contributed by atoms with E-state index in [-0.39, 0.29) is 28.1 Å². The van der Waals surface area contributed by atoms with E-state index in [4.69, 9.17) is 23.2 Å². The van der Waals surface area contributed by atoms with Crippen molar-refractivity contribution in [2.45, 2.75) is 37.8 Å². The van der Waals surface area contributed by atoms with Gasteiger partial charge in [-0.25, -0.2) is 12.8 Å². The van der Waals surface area contributed by atoms with E-state index >= 15 is 0 Å². The molecule has 1 N–H and O–H groups in total. The van der Waals surface area contributed by atoms with Crippen molar-refractivity contribution in [1.29, 1.82) is 0 Å². The molecule has 3 aromatic carbocycles. The van der Waals surface area contributed by atoms with E-state index in [2.05, 4.69) is 5.32 Å². The van der Waals surface area contributed by atoms with Crippen LogP contribution in [0.15, 0.2) is 77.7 Å². The Labute approximate surface area is 232 Å². The fourth-order valence-electron chi connectivity index (χ4n) is 3.67. The van der Waals surface area contributed by atoms with Crippen LogP contribution in [0.3, 0.4) is 0 Å². The van der Waals surface area contributed by atoms with E-state index in [1.54, 1.807) is 43.3 Å². The lowest BCUT2D eigenvalue weighted by molar-refractivity contribution is -0.139. The minimum Gasteiger partial charge on any atom is -0.354 e. The minimum atomic E-state index is -4.22. The molecule has 0 saturated heterocycles. The lowest BCUT2D eigenvalue weighted by Gasteiger charge is -2.32. The maximum atomic E-state index is 13.8. The SMILES string of the molecule is CCCNC(=O)[C@H](C)N(Cc1ccc(Cl)c(Cl)c1)C(=O)CN(c1ccc(F)cc1)S(=O)(=O)c1ccccc1. The normalized spacial score (nSPS) is 12.0. The molecule has 202 valence electrons. The zero-order valence-corrected chi connectivity index (χ0v) is 23.2. The second-order valence-electron chi connectivity index (χ2n) is 8.54. The number of nitrogens with one attached hydrogen (secondary N) is 1. The zero-order chi connectivity index (χ0) is 27.9. The highest BCUT2D eigenvalue weighted by Crippen LogP contribution is 2.26.